The molecule has 0 aliphatic carbocycles. The fraction of sp³-hybridized carbons (Fsp3) is 0.364. The Labute approximate surface area is 175 Å². The minimum Gasteiger partial charge on any atom is -0.492 e. The van der Waals surface area contributed by atoms with Gasteiger partial charge in [-0.3, -0.25) is 9.59 Å². The minimum absolute atomic E-state index is 0.134. The van der Waals surface area contributed by atoms with Crippen LogP contribution >= 0.6 is 11.6 Å². The smallest absolute Gasteiger partial charge is 0.262 e. The number of carbonyl (C=O) groups is 2. The van der Waals surface area contributed by atoms with Gasteiger partial charge in [-0.15, -0.1) is 0 Å². The Morgan fingerprint density at radius 1 is 1.17 bits per heavy atom. The molecular formula is C22H25ClN2O4. The second-order valence-electron chi connectivity index (χ2n) is 7.33. The first-order valence-electron chi connectivity index (χ1n) is 9.68. The third kappa shape index (κ3) is 5.87. The number of halogens is 1. The van der Waals surface area contributed by atoms with Crippen molar-refractivity contribution < 1.29 is 19.1 Å². The number of rotatable bonds is 8. The summed E-state index contributed by atoms with van der Waals surface area (Å²) in [7, 11) is 0. The average Bonchev–Trinajstić information content (AvgIpc) is 3.12. The lowest BCUT2D eigenvalue weighted by atomic mass is 10.2. The zero-order valence-electron chi connectivity index (χ0n) is 16.6. The van der Waals surface area contributed by atoms with Crippen LogP contribution in [0, 0.1) is 5.92 Å². The van der Waals surface area contributed by atoms with E-state index in [0.717, 1.165) is 18.7 Å². The summed E-state index contributed by atoms with van der Waals surface area (Å²) >= 11 is 6.21. The highest BCUT2D eigenvalue weighted by molar-refractivity contribution is 6.32. The maximum absolute atomic E-state index is 12.2. The van der Waals surface area contributed by atoms with Gasteiger partial charge in [-0.05, 0) is 54.8 Å². The van der Waals surface area contributed by atoms with Crippen molar-refractivity contribution in [2.45, 2.75) is 26.7 Å². The first kappa shape index (κ1) is 21.0. The topological polar surface area (TPSA) is 67.9 Å². The highest BCUT2D eigenvalue weighted by Gasteiger charge is 2.21. The zero-order chi connectivity index (χ0) is 20.8. The largest absolute Gasteiger partial charge is 0.492 e. The van der Waals surface area contributed by atoms with Gasteiger partial charge in [0, 0.05) is 24.3 Å². The van der Waals surface area contributed by atoms with Crippen LogP contribution in [0.1, 0.15) is 26.7 Å². The van der Waals surface area contributed by atoms with Gasteiger partial charge in [-0.1, -0.05) is 25.4 Å². The third-order valence-corrected chi connectivity index (χ3v) is 4.67. The molecule has 1 aliphatic rings. The monoisotopic (exact) mass is 416 g/mol. The van der Waals surface area contributed by atoms with E-state index >= 15 is 0 Å². The van der Waals surface area contributed by atoms with Gasteiger partial charge in [0.2, 0.25) is 5.91 Å². The van der Waals surface area contributed by atoms with Crippen LogP contribution in [0.5, 0.6) is 11.5 Å². The Balaban J connectivity index is 1.49. The van der Waals surface area contributed by atoms with Crippen molar-refractivity contribution in [3.05, 3.63) is 47.5 Å². The van der Waals surface area contributed by atoms with Gasteiger partial charge in [0.15, 0.2) is 6.61 Å². The molecule has 0 radical (unpaired) electrons. The van der Waals surface area contributed by atoms with E-state index in [2.05, 4.69) is 19.2 Å². The summed E-state index contributed by atoms with van der Waals surface area (Å²) in [5.41, 5.74) is 1.42. The summed E-state index contributed by atoms with van der Waals surface area (Å²) in [6, 6.07) is 12.3. The lowest BCUT2D eigenvalue weighted by Crippen LogP contribution is -2.23. The van der Waals surface area contributed by atoms with Gasteiger partial charge in [-0.2, -0.15) is 0 Å². The van der Waals surface area contributed by atoms with Crippen LogP contribution in [0.25, 0.3) is 0 Å². The molecule has 0 bridgehead atoms. The Kier molecular flexibility index (Phi) is 6.99. The molecule has 2 aromatic rings. The number of hydrogen-bond donors (Lipinski definition) is 1. The average molecular weight is 417 g/mol. The lowest BCUT2D eigenvalue weighted by Gasteiger charge is -2.16. The predicted octanol–water partition coefficient (Wildman–Crippen LogP) is 4.52. The van der Waals surface area contributed by atoms with E-state index in [1.807, 2.05) is 12.1 Å². The molecular weight excluding hydrogens is 392 g/mol. The van der Waals surface area contributed by atoms with E-state index in [1.165, 1.54) is 0 Å². The Morgan fingerprint density at radius 3 is 2.55 bits per heavy atom. The van der Waals surface area contributed by atoms with Crippen molar-refractivity contribution in [1.29, 1.82) is 0 Å². The number of nitrogens with zero attached hydrogens (tertiary/aromatic N) is 1. The molecule has 2 amide bonds. The molecule has 1 N–H and O–H groups in total. The maximum atomic E-state index is 12.2. The molecule has 0 aromatic heterocycles. The molecule has 0 atom stereocenters. The maximum Gasteiger partial charge on any atom is 0.262 e. The van der Waals surface area contributed by atoms with Gasteiger partial charge in [0.1, 0.15) is 11.5 Å². The number of nitrogens with one attached hydrogen (secondary N) is 1. The van der Waals surface area contributed by atoms with Crippen molar-refractivity contribution >= 4 is 34.8 Å². The Hall–Kier alpha value is -2.73. The van der Waals surface area contributed by atoms with Crippen molar-refractivity contribution in [3.63, 3.8) is 0 Å². The minimum atomic E-state index is -0.296. The van der Waals surface area contributed by atoms with Crippen molar-refractivity contribution in [3.8, 4) is 11.5 Å². The quantitative estimate of drug-likeness (QED) is 0.687. The molecule has 1 aliphatic heterocycles. The Morgan fingerprint density at radius 2 is 1.93 bits per heavy atom. The molecule has 154 valence electrons. The van der Waals surface area contributed by atoms with E-state index < -0.39 is 0 Å². The first-order valence-corrected chi connectivity index (χ1v) is 10.1. The molecule has 0 unspecified atom stereocenters. The Bertz CT molecular complexity index is 868. The predicted molar refractivity (Wildman–Crippen MR) is 114 cm³/mol. The first-order chi connectivity index (χ1) is 13.9. The highest BCUT2D eigenvalue weighted by Crippen LogP contribution is 2.28. The fourth-order valence-corrected chi connectivity index (χ4v) is 3.18. The van der Waals surface area contributed by atoms with E-state index in [4.69, 9.17) is 21.1 Å². The highest BCUT2D eigenvalue weighted by atomic mass is 35.5. The van der Waals surface area contributed by atoms with E-state index in [0.29, 0.717) is 41.2 Å². The molecule has 7 heteroatoms. The summed E-state index contributed by atoms with van der Waals surface area (Å²) < 4.78 is 11.2. The standard InChI is InChI=1S/C22H25ClN2O4/c1-15(2)13-29-20-10-5-16(12-19(20)23)24-21(26)14-28-18-8-6-17(7-9-18)25-11-3-4-22(25)27/h5-10,12,15H,3-4,11,13-14H2,1-2H3,(H,24,26). The summed E-state index contributed by atoms with van der Waals surface area (Å²) in [6.45, 7) is 5.30. The van der Waals surface area contributed by atoms with E-state index in [-0.39, 0.29) is 18.4 Å². The van der Waals surface area contributed by atoms with Gasteiger partial charge in [-0.25, -0.2) is 0 Å². The lowest BCUT2D eigenvalue weighted by molar-refractivity contribution is -0.118. The van der Waals surface area contributed by atoms with Crippen LogP contribution in [0.15, 0.2) is 42.5 Å². The van der Waals surface area contributed by atoms with Gasteiger partial charge in [0.05, 0.1) is 11.6 Å². The number of ether oxygens (including phenoxy) is 2. The molecule has 0 spiro atoms. The van der Waals surface area contributed by atoms with Crippen LogP contribution in [0.3, 0.4) is 0 Å². The second-order valence-corrected chi connectivity index (χ2v) is 7.74. The number of benzene rings is 2. The summed E-state index contributed by atoms with van der Waals surface area (Å²) in [5, 5.41) is 3.19. The molecule has 29 heavy (non-hydrogen) atoms. The second kappa shape index (κ2) is 9.65. The van der Waals surface area contributed by atoms with Crippen LogP contribution in [0.4, 0.5) is 11.4 Å². The fourth-order valence-electron chi connectivity index (χ4n) is 2.94. The summed E-state index contributed by atoms with van der Waals surface area (Å²) in [5.74, 6) is 1.39. The van der Waals surface area contributed by atoms with Crippen molar-refractivity contribution in [2.24, 2.45) is 5.92 Å². The molecule has 2 aromatic carbocycles. The molecule has 3 rings (SSSR count). The van der Waals surface area contributed by atoms with Gasteiger partial charge < -0.3 is 19.7 Å². The molecule has 0 saturated carbocycles. The van der Waals surface area contributed by atoms with E-state index in [9.17, 15) is 9.59 Å². The van der Waals surface area contributed by atoms with Gasteiger partial charge in [0.25, 0.3) is 5.91 Å². The van der Waals surface area contributed by atoms with Gasteiger partial charge >= 0.3 is 0 Å². The van der Waals surface area contributed by atoms with Crippen LogP contribution < -0.4 is 19.7 Å². The molecule has 1 fully saturated rings. The third-order valence-electron chi connectivity index (χ3n) is 4.38. The normalized spacial score (nSPS) is 13.7. The van der Waals surface area contributed by atoms with E-state index in [1.54, 1.807) is 35.2 Å². The summed E-state index contributed by atoms with van der Waals surface area (Å²) in [6.07, 6.45) is 1.47. The molecule has 6 nitrogen and oxygen atoms in total. The van der Waals surface area contributed by atoms with Crippen LogP contribution in [0.2, 0.25) is 5.02 Å². The van der Waals surface area contributed by atoms with Crippen LogP contribution in [-0.4, -0.2) is 31.6 Å². The molecule has 1 heterocycles. The number of anilines is 2. The number of amides is 2. The number of carbonyl (C=O) groups excluding carboxylic acids is 2. The SMILES string of the molecule is CC(C)COc1ccc(NC(=O)COc2ccc(N3CCCC3=O)cc2)cc1Cl. The molecule has 1 saturated heterocycles. The zero-order valence-corrected chi connectivity index (χ0v) is 17.4. The van der Waals surface area contributed by atoms with Crippen LogP contribution in [-0.2, 0) is 9.59 Å². The summed E-state index contributed by atoms with van der Waals surface area (Å²) in [4.78, 5) is 25.7. The van der Waals surface area contributed by atoms with Crippen molar-refractivity contribution in [1.82, 2.24) is 0 Å². The van der Waals surface area contributed by atoms with Crippen molar-refractivity contribution in [2.75, 3.05) is 30.0 Å². The number of hydrogen-bond acceptors (Lipinski definition) is 4.